The second kappa shape index (κ2) is 9.30. The Kier molecular flexibility index (Phi) is 6.29. The topological polar surface area (TPSA) is 75.9 Å². The molecule has 0 unspecified atom stereocenters. The number of halogens is 5. The van der Waals surface area contributed by atoms with Gasteiger partial charge in [0, 0.05) is 43.2 Å². The lowest BCUT2D eigenvalue weighted by molar-refractivity contribution is -0.138. The molecule has 0 atom stereocenters. The Labute approximate surface area is 234 Å². The van der Waals surface area contributed by atoms with E-state index in [4.69, 9.17) is 0 Å². The molecule has 0 saturated heterocycles. The van der Waals surface area contributed by atoms with E-state index in [2.05, 4.69) is 20.5 Å². The van der Waals surface area contributed by atoms with Gasteiger partial charge in [0.15, 0.2) is 0 Å². The Morgan fingerprint density at radius 3 is 2.39 bits per heavy atom. The van der Waals surface area contributed by atoms with Crippen molar-refractivity contribution in [3.63, 3.8) is 0 Å². The molecule has 41 heavy (non-hydrogen) atoms. The number of carbonyl (C=O) groups is 1. The van der Waals surface area contributed by atoms with Crippen LogP contribution in [0.25, 0.3) is 0 Å². The van der Waals surface area contributed by atoms with Crippen LogP contribution in [0.3, 0.4) is 0 Å². The maximum absolute atomic E-state index is 14.4. The fourth-order valence-corrected chi connectivity index (χ4v) is 6.41. The predicted octanol–water partition coefficient (Wildman–Crippen LogP) is 5.70. The van der Waals surface area contributed by atoms with Crippen LogP contribution in [0.5, 0.6) is 0 Å². The van der Waals surface area contributed by atoms with Gasteiger partial charge in [-0.1, -0.05) is 6.92 Å². The molecule has 2 aliphatic carbocycles. The molecule has 3 heterocycles. The summed E-state index contributed by atoms with van der Waals surface area (Å²) in [6.45, 7) is 3.77. The van der Waals surface area contributed by atoms with Gasteiger partial charge in [-0.15, -0.1) is 10.2 Å². The maximum atomic E-state index is 14.4. The lowest BCUT2D eigenvalue weighted by Gasteiger charge is -2.47. The van der Waals surface area contributed by atoms with E-state index in [1.54, 1.807) is 23.7 Å². The molecule has 0 bridgehead atoms. The van der Waals surface area contributed by atoms with E-state index >= 15 is 0 Å². The first kappa shape index (κ1) is 27.7. The van der Waals surface area contributed by atoms with Gasteiger partial charge >= 0.3 is 6.18 Å². The summed E-state index contributed by atoms with van der Waals surface area (Å²) in [6.07, 6.45) is -0.830. The molecular weight excluding hydrogens is 543 g/mol. The lowest BCUT2D eigenvalue weighted by atomic mass is 9.61. The highest BCUT2D eigenvalue weighted by Crippen LogP contribution is 2.57. The van der Waals surface area contributed by atoms with E-state index in [1.165, 1.54) is 17.3 Å². The molecule has 0 radical (unpaired) electrons. The van der Waals surface area contributed by atoms with Crippen molar-refractivity contribution >= 4 is 11.7 Å². The van der Waals surface area contributed by atoms with Gasteiger partial charge in [-0.2, -0.15) is 13.2 Å². The fraction of sp³-hybridized carbons (Fsp3) is 0.517. The van der Waals surface area contributed by atoms with Crippen molar-refractivity contribution in [1.29, 1.82) is 0 Å². The van der Waals surface area contributed by atoms with Gasteiger partial charge in [-0.25, -0.2) is 13.8 Å². The second-order valence-electron chi connectivity index (χ2n) is 11.9. The molecule has 1 aromatic carbocycles. The summed E-state index contributed by atoms with van der Waals surface area (Å²) < 4.78 is 73.1. The van der Waals surface area contributed by atoms with Crippen molar-refractivity contribution in [3.05, 3.63) is 69.9 Å². The number of benzene rings is 1. The Hall–Kier alpha value is -3.41. The monoisotopic (exact) mass is 574 g/mol. The van der Waals surface area contributed by atoms with Gasteiger partial charge < -0.3 is 9.88 Å². The van der Waals surface area contributed by atoms with Crippen molar-refractivity contribution < 1.29 is 26.7 Å². The molecule has 1 aliphatic heterocycles. The minimum atomic E-state index is -4.66. The fourth-order valence-electron chi connectivity index (χ4n) is 6.41. The van der Waals surface area contributed by atoms with Crippen LogP contribution in [0.2, 0.25) is 0 Å². The molecule has 6 rings (SSSR count). The van der Waals surface area contributed by atoms with Crippen LogP contribution in [-0.2, 0) is 38.1 Å². The molecule has 1 amide bonds. The number of carbonyl (C=O) groups excluding carboxylic acids is 1. The normalized spacial score (nSPS) is 20.5. The quantitative estimate of drug-likeness (QED) is 0.367. The molecule has 218 valence electrons. The molecule has 2 saturated carbocycles. The first-order chi connectivity index (χ1) is 19.2. The average molecular weight is 575 g/mol. The van der Waals surface area contributed by atoms with Crippen molar-refractivity contribution in [1.82, 2.24) is 25.1 Å². The third-order valence-electron chi connectivity index (χ3n) is 8.90. The van der Waals surface area contributed by atoms with Crippen molar-refractivity contribution in [2.24, 2.45) is 7.05 Å². The molecule has 1 N–H and O–H groups in total. The summed E-state index contributed by atoms with van der Waals surface area (Å²) in [5.41, 5.74) is -0.850. The molecule has 7 nitrogen and oxygen atoms in total. The van der Waals surface area contributed by atoms with Gasteiger partial charge in [0.2, 0.25) is 0 Å². The summed E-state index contributed by atoms with van der Waals surface area (Å²) in [5.74, 6) is -3.02. The summed E-state index contributed by atoms with van der Waals surface area (Å²) in [5, 5.41) is 11.3. The number of rotatable bonds is 7. The molecular formula is C29H31F5N6O. The Bertz CT molecular complexity index is 1520. The number of hydrogen-bond acceptors (Lipinski definition) is 5. The zero-order valence-corrected chi connectivity index (χ0v) is 23.1. The number of anilines is 1. The van der Waals surface area contributed by atoms with E-state index in [1.807, 2.05) is 13.8 Å². The molecule has 12 heteroatoms. The number of aromatic nitrogens is 4. The highest BCUT2D eigenvalue weighted by Gasteiger charge is 2.60. The third-order valence-corrected chi connectivity index (χ3v) is 8.90. The minimum absolute atomic E-state index is 0.0150. The highest BCUT2D eigenvalue weighted by molar-refractivity contribution is 6.10. The van der Waals surface area contributed by atoms with Gasteiger partial charge in [0.25, 0.3) is 11.8 Å². The highest BCUT2D eigenvalue weighted by atomic mass is 19.4. The first-order valence-corrected chi connectivity index (χ1v) is 13.8. The van der Waals surface area contributed by atoms with Crippen LogP contribution in [0.1, 0.15) is 90.1 Å². The van der Waals surface area contributed by atoms with Crippen LogP contribution in [0, 0.1) is 0 Å². The zero-order chi connectivity index (χ0) is 29.4. The molecule has 3 aliphatic rings. The van der Waals surface area contributed by atoms with E-state index in [0.29, 0.717) is 29.1 Å². The van der Waals surface area contributed by atoms with Crippen LogP contribution < -0.4 is 10.2 Å². The van der Waals surface area contributed by atoms with Crippen molar-refractivity contribution in [3.8, 4) is 0 Å². The SMILES string of the molecule is CCc1cc(C2(c3nncn3C)CC(F)(F)C2)cc(N2Cc3c(cc(CNC4(C)CCC4)cc3C(F)(F)F)C2=O)n1. The Balaban J connectivity index is 1.39. The number of nitrogens with zero attached hydrogens (tertiary/aromatic N) is 5. The van der Waals surface area contributed by atoms with Crippen LogP contribution in [0.15, 0.2) is 30.6 Å². The number of nitrogens with one attached hydrogen (secondary N) is 1. The van der Waals surface area contributed by atoms with Gasteiger partial charge in [-0.3, -0.25) is 9.69 Å². The number of fused-ring (bicyclic) bond motifs is 1. The number of hydrogen-bond donors (Lipinski definition) is 1. The zero-order valence-electron chi connectivity index (χ0n) is 23.1. The van der Waals surface area contributed by atoms with Gasteiger partial charge in [0.1, 0.15) is 18.0 Å². The smallest absolute Gasteiger partial charge is 0.320 e. The van der Waals surface area contributed by atoms with Crippen molar-refractivity contribution in [2.45, 2.75) is 88.5 Å². The first-order valence-electron chi connectivity index (χ1n) is 13.8. The summed E-state index contributed by atoms with van der Waals surface area (Å²) in [4.78, 5) is 19.5. The number of alkyl halides is 5. The Morgan fingerprint density at radius 2 is 1.83 bits per heavy atom. The standard InChI is InChI=1S/C29H31F5N6O/c1-4-19-10-18(27(14-28(30,31)15-27)25-38-36-16-39(25)3)11-23(37-19)40-13-21-20(24(40)41)8-17(9-22(21)29(32,33)34)12-35-26(2)6-5-7-26/h8-11,16,35H,4-7,12-15H2,1-3H3. The Morgan fingerprint density at radius 1 is 1.10 bits per heavy atom. The van der Waals surface area contributed by atoms with E-state index in [0.717, 1.165) is 25.3 Å². The number of amides is 1. The van der Waals surface area contributed by atoms with Crippen LogP contribution in [-0.4, -0.2) is 37.1 Å². The molecule has 0 spiro atoms. The minimum Gasteiger partial charge on any atom is -0.320 e. The van der Waals surface area contributed by atoms with Crippen LogP contribution in [0.4, 0.5) is 27.8 Å². The second-order valence-corrected chi connectivity index (χ2v) is 11.9. The predicted molar refractivity (Wildman–Crippen MR) is 141 cm³/mol. The average Bonchev–Trinajstić information content (AvgIpc) is 3.46. The van der Waals surface area contributed by atoms with E-state index in [-0.39, 0.29) is 35.6 Å². The third kappa shape index (κ3) is 4.69. The van der Waals surface area contributed by atoms with Gasteiger partial charge in [-0.05, 0) is 73.6 Å². The summed E-state index contributed by atoms with van der Waals surface area (Å²) in [6, 6.07) is 5.90. The van der Waals surface area contributed by atoms with E-state index in [9.17, 15) is 26.7 Å². The van der Waals surface area contributed by atoms with Crippen molar-refractivity contribution in [2.75, 3.05) is 4.90 Å². The largest absolute Gasteiger partial charge is 0.416 e. The number of aryl methyl sites for hydroxylation is 2. The summed E-state index contributed by atoms with van der Waals surface area (Å²) >= 11 is 0. The molecule has 3 aromatic rings. The lowest BCUT2D eigenvalue weighted by Crippen LogP contribution is -2.51. The molecule has 2 fully saturated rings. The van der Waals surface area contributed by atoms with Gasteiger partial charge in [0.05, 0.1) is 17.5 Å². The van der Waals surface area contributed by atoms with Crippen LogP contribution >= 0.6 is 0 Å². The maximum Gasteiger partial charge on any atom is 0.416 e. The molecule has 2 aromatic heterocycles. The summed E-state index contributed by atoms with van der Waals surface area (Å²) in [7, 11) is 1.67. The number of pyridine rings is 1. The van der Waals surface area contributed by atoms with E-state index < -0.39 is 41.8 Å².